The van der Waals surface area contributed by atoms with Crippen molar-refractivity contribution in [3.05, 3.63) is 80.7 Å². The second-order valence-electron chi connectivity index (χ2n) is 7.57. The molecule has 162 valence electrons. The fraction of sp³-hybridized carbons (Fsp3) is 0.286. The Morgan fingerprint density at radius 2 is 1.94 bits per heavy atom. The van der Waals surface area contributed by atoms with E-state index in [0.29, 0.717) is 5.69 Å². The van der Waals surface area contributed by atoms with E-state index >= 15 is 0 Å². The molecule has 1 aliphatic rings. The molecule has 4 rings (SSSR count). The van der Waals surface area contributed by atoms with Gasteiger partial charge in [0.1, 0.15) is 11.4 Å². The van der Waals surface area contributed by atoms with E-state index in [0.717, 1.165) is 17.8 Å². The third kappa shape index (κ3) is 3.97. The van der Waals surface area contributed by atoms with Crippen molar-refractivity contribution >= 4 is 17.5 Å². The quantitative estimate of drug-likeness (QED) is 0.604. The van der Waals surface area contributed by atoms with Crippen molar-refractivity contribution in [3.8, 4) is 5.69 Å². The molecule has 0 unspecified atom stereocenters. The van der Waals surface area contributed by atoms with Crippen molar-refractivity contribution in [1.29, 1.82) is 0 Å². The largest absolute Gasteiger partial charge is 0.416 e. The number of benzene rings is 1. The summed E-state index contributed by atoms with van der Waals surface area (Å²) in [5, 5.41) is -0.0566. The van der Waals surface area contributed by atoms with Crippen molar-refractivity contribution in [2.45, 2.75) is 39.2 Å². The summed E-state index contributed by atoms with van der Waals surface area (Å²) in [5.41, 5.74) is 0.351. The summed E-state index contributed by atoms with van der Waals surface area (Å²) in [4.78, 5) is 31.6. The predicted octanol–water partition coefficient (Wildman–Crippen LogP) is 4.06. The van der Waals surface area contributed by atoms with Crippen LogP contribution in [-0.4, -0.2) is 31.0 Å². The molecule has 0 fully saturated rings. The summed E-state index contributed by atoms with van der Waals surface area (Å²) < 4.78 is 42.3. The van der Waals surface area contributed by atoms with Gasteiger partial charge < -0.3 is 14.0 Å². The molecule has 0 saturated carbocycles. The predicted molar refractivity (Wildman–Crippen MR) is 108 cm³/mol. The van der Waals surface area contributed by atoms with Gasteiger partial charge in [-0.1, -0.05) is 11.6 Å². The van der Waals surface area contributed by atoms with Gasteiger partial charge in [-0.15, -0.1) is 0 Å². The van der Waals surface area contributed by atoms with E-state index in [-0.39, 0.29) is 34.9 Å². The van der Waals surface area contributed by atoms with Gasteiger partial charge in [0, 0.05) is 30.4 Å². The fourth-order valence-electron chi connectivity index (χ4n) is 3.72. The Morgan fingerprint density at radius 3 is 2.58 bits per heavy atom. The van der Waals surface area contributed by atoms with Gasteiger partial charge in [0.2, 0.25) is 0 Å². The Morgan fingerprint density at radius 1 is 1.19 bits per heavy atom. The average molecular weight is 451 g/mol. The summed E-state index contributed by atoms with van der Waals surface area (Å²) in [6.45, 7) is 3.71. The lowest BCUT2D eigenvalue weighted by Crippen LogP contribution is -2.49. The van der Waals surface area contributed by atoms with Crippen LogP contribution in [0.4, 0.5) is 13.2 Å². The highest BCUT2D eigenvalue weighted by molar-refractivity contribution is 6.30. The highest BCUT2D eigenvalue weighted by atomic mass is 35.5. The first-order valence-electron chi connectivity index (χ1n) is 9.47. The number of pyridine rings is 1. The monoisotopic (exact) mass is 450 g/mol. The summed E-state index contributed by atoms with van der Waals surface area (Å²) in [6.07, 6.45) is -1.31. The molecule has 3 aromatic rings. The standard InChI is InChI=1S/C21H18ClF3N4O2/c1-12-8-27(11-26-12)17-3-4-18-20(31)28(13(2)9-29(18)19(17)30)10-14-5-15(21(23,24)25)7-16(22)6-14/h3-8,11,13H,9-10H2,1-2H3/t13-/m1/s1. The molecule has 10 heteroatoms. The van der Waals surface area contributed by atoms with Crippen molar-refractivity contribution in [1.82, 2.24) is 19.0 Å². The van der Waals surface area contributed by atoms with Crippen LogP contribution >= 0.6 is 11.6 Å². The molecule has 6 nitrogen and oxygen atoms in total. The van der Waals surface area contributed by atoms with Crippen LogP contribution < -0.4 is 5.56 Å². The smallest absolute Gasteiger partial charge is 0.329 e. The molecule has 2 aromatic heterocycles. The highest BCUT2D eigenvalue weighted by Gasteiger charge is 2.33. The zero-order valence-electron chi connectivity index (χ0n) is 16.7. The summed E-state index contributed by atoms with van der Waals surface area (Å²) in [5.74, 6) is -0.433. The van der Waals surface area contributed by atoms with Gasteiger partial charge in [-0.2, -0.15) is 13.2 Å². The Kier molecular flexibility index (Phi) is 5.17. The van der Waals surface area contributed by atoms with E-state index in [1.54, 1.807) is 36.7 Å². The molecule has 0 radical (unpaired) electrons. The molecule has 1 atom stereocenters. The van der Waals surface area contributed by atoms with Crippen LogP contribution in [0.3, 0.4) is 0 Å². The Labute approximate surface area is 180 Å². The van der Waals surface area contributed by atoms with Crippen LogP contribution in [0.15, 0.2) is 47.7 Å². The summed E-state index contributed by atoms with van der Waals surface area (Å²) >= 11 is 5.87. The van der Waals surface area contributed by atoms with E-state index in [1.807, 2.05) is 0 Å². The second kappa shape index (κ2) is 7.56. The number of carbonyl (C=O) groups excluding carboxylic acids is 1. The topological polar surface area (TPSA) is 60.1 Å². The SMILES string of the molecule is Cc1cn(-c2ccc3n(c2=O)C[C@@H](C)N(Cc2cc(Cl)cc(C(F)(F)F)c2)C3=O)cn1. The van der Waals surface area contributed by atoms with Gasteiger partial charge in [0.15, 0.2) is 0 Å². The number of imidazole rings is 1. The number of aryl methyl sites for hydroxylation is 1. The average Bonchev–Trinajstić information content (AvgIpc) is 3.11. The number of hydrogen-bond acceptors (Lipinski definition) is 3. The number of rotatable bonds is 3. The molecule has 31 heavy (non-hydrogen) atoms. The first kappa shape index (κ1) is 21.2. The van der Waals surface area contributed by atoms with Gasteiger partial charge in [0.25, 0.3) is 11.5 Å². The van der Waals surface area contributed by atoms with Gasteiger partial charge in [-0.3, -0.25) is 9.59 Å². The van der Waals surface area contributed by atoms with E-state index in [1.165, 1.54) is 21.9 Å². The van der Waals surface area contributed by atoms with E-state index in [9.17, 15) is 22.8 Å². The van der Waals surface area contributed by atoms with E-state index in [2.05, 4.69) is 4.98 Å². The van der Waals surface area contributed by atoms with Gasteiger partial charge in [0.05, 0.1) is 17.6 Å². The van der Waals surface area contributed by atoms with Crippen LogP contribution in [0.2, 0.25) is 5.02 Å². The van der Waals surface area contributed by atoms with Crippen LogP contribution in [0.25, 0.3) is 5.69 Å². The first-order chi connectivity index (χ1) is 14.5. The lowest BCUT2D eigenvalue weighted by molar-refractivity contribution is -0.137. The van der Waals surface area contributed by atoms with Crippen molar-refractivity contribution < 1.29 is 18.0 Å². The fourth-order valence-corrected chi connectivity index (χ4v) is 3.98. The molecule has 0 saturated heterocycles. The third-order valence-corrected chi connectivity index (χ3v) is 5.46. The number of carbonyl (C=O) groups is 1. The van der Waals surface area contributed by atoms with E-state index < -0.39 is 23.7 Å². The lowest BCUT2D eigenvalue weighted by Gasteiger charge is -2.35. The molecule has 1 amide bonds. The number of amides is 1. The third-order valence-electron chi connectivity index (χ3n) is 5.24. The van der Waals surface area contributed by atoms with Gasteiger partial charge >= 0.3 is 6.18 Å². The lowest BCUT2D eigenvalue weighted by atomic mass is 10.1. The Hall–Kier alpha value is -3.07. The van der Waals surface area contributed by atoms with Crippen LogP contribution in [-0.2, 0) is 19.3 Å². The maximum absolute atomic E-state index is 13.1. The normalized spacial score (nSPS) is 16.5. The number of fused-ring (bicyclic) bond motifs is 1. The molecule has 0 N–H and O–H groups in total. The number of hydrogen-bond donors (Lipinski definition) is 0. The molecular formula is C21H18ClF3N4O2. The van der Waals surface area contributed by atoms with Crippen LogP contribution in [0.1, 0.15) is 34.2 Å². The number of nitrogens with zero attached hydrogens (tertiary/aromatic N) is 4. The zero-order valence-corrected chi connectivity index (χ0v) is 17.4. The van der Waals surface area contributed by atoms with Crippen molar-refractivity contribution in [2.24, 2.45) is 0 Å². The van der Waals surface area contributed by atoms with Crippen molar-refractivity contribution in [2.75, 3.05) is 0 Å². The molecule has 0 spiro atoms. The number of alkyl halides is 3. The minimum atomic E-state index is -4.54. The van der Waals surface area contributed by atoms with Gasteiger partial charge in [-0.25, -0.2) is 4.98 Å². The second-order valence-corrected chi connectivity index (χ2v) is 8.01. The maximum atomic E-state index is 13.1. The first-order valence-corrected chi connectivity index (χ1v) is 9.85. The van der Waals surface area contributed by atoms with Crippen LogP contribution in [0.5, 0.6) is 0 Å². The Bertz CT molecular complexity index is 1230. The molecule has 1 aromatic carbocycles. The molecule has 3 heterocycles. The highest BCUT2D eigenvalue weighted by Crippen LogP contribution is 2.32. The minimum absolute atomic E-state index is 0.0553. The summed E-state index contributed by atoms with van der Waals surface area (Å²) in [6, 6.07) is 5.92. The zero-order chi connectivity index (χ0) is 22.5. The van der Waals surface area contributed by atoms with Gasteiger partial charge in [-0.05, 0) is 49.7 Å². The minimum Gasteiger partial charge on any atom is -0.329 e. The number of halogens is 4. The molecule has 0 aliphatic carbocycles. The van der Waals surface area contributed by atoms with E-state index in [4.69, 9.17) is 11.6 Å². The number of aromatic nitrogens is 3. The Balaban J connectivity index is 1.68. The molecule has 1 aliphatic heterocycles. The maximum Gasteiger partial charge on any atom is 0.416 e. The van der Waals surface area contributed by atoms with Crippen molar-refractivity contribution in [3.63, 3.8) is 0 Å². The molecule has 0 bridgehead atoms. The van der Waals surface area contributed by atoms with Crippen LogP contribution in [0, 0.1) is 6.92 Å². The summed E-state index contributed by atoms with van der Waals surface area (Å²) in [7, 11) is 0. The molecular weight excluding hydrogens is 433 g/mol.